The van der Waals surface area contributed by atoms with Crippen molar-refractivity contribution in [3.05, 3.63) is 41.8 Å². The zero-order chi connectivity index (χ0) is 10.1. The Morgan fingerprint density at radius 3 is 2.64 bits per heavy atom. The first kappa shape index (κ1) is 9.76. The van der Waals surface area contributed by atoms with Gasteiger partial charge in [-0.25, -0.2) is 0 Å². The second-order valence-electron chi connectivity index (χ2n) is 4.44. The molecule has 0 aromatic heterocycles. The highest BCUT2D eigenvalue weighted by Crippen LogP contribution is 2.43. The van der Waals surface area contributed by atoms with Gasteiger partial charge in [-0.15, -0.1) is 0 Å². The molecule has 1 aliphatic carbocycles. The summed E-state index contributed by atoms with van der Waals surface area (Å²) in [5.74, 6) is 1.28. The van der Waals surface area contributed by atoms with Crippen LogP contribution in [-0.2, 0) is 6.42 Å². The van der Waals surface area contributed by atoms with E-state index in [2.05, 4.69) is 39.0 Å². The van der Waals surface area contributed by atoms with Gasteiger partial charge in [-0.3, -0.25) is 0 Å². The van der Waals surface area contributed by atoms with E-state index in [0.717, 1.165) is 12.3 Å². The smallest absolute Gasteiger partial charge is 0.0159 e. The SMILES string of the molecule is [CH2]C(C)c1cccc(C2CC2)c1CC. The van der Waals surface area contributed by atoms with Crippen LogP contribution in [0, 0.1) is 6.92 Å². The van der Waals surface area contributed by atoms with Gasteiger partial charge >= 0.3 is 0 Å². The third-order valence-electron chi connectivity index (χ3n) is 3.15. The Morgan fingerprint density at radius 2 is 2.14 bits per heavy atom. The molecule has 75 valence electrons. The van der Waals surface area contributed by atoms with Crippen molar-refractivity contribution in [1.82, 2.24) is 0 Å². The van der Waals surface area contributed by atoms with E-state index in [1.54, 1.807) is 11.1 Å². The van der Waals surface area contributed by atoms with Gasteiger partial charge < -0.3 is 0 Å². The molecule has 1 fully saturated rings. The Kier molecular flexibility index (Phi) is 2.62. The van der Waals surface area contributed by atoms with E-state index >= 15 is 0 Å². The summed E-state index contributed by atoms with van der Waals surface area (Å²) in [7, 11) is 0. The van der Waals surface area contributed by atoms with Crippen LogP contribution in [0.25, 0.3) is 0 Å². The molecule has 0 spiro atoms. The van der Waals surface area contributed by atoms with Crippen molar-refractivity contribution in [1.29, 1.82) is 0 Å². The lowest BCUT2D eigenvalue weighted by Crippen LogP contribution is -1.99. The molecule has 0 heteroatoms. The molecule has 0 bridgehead atoms. The lowest BCUT2D eigenvalue weighted by Gasteiger charge is -2.15. The summed E-state index contributed by atoms with van der Waals surface area (Å²) in [6, 6.07) is 6.74. The zero-order valence-electron chi connectivity index (χ0n) is 9.22. The third-order valence-corrected chi connectivity index (χ3v) is 3.15. The number of hydrogen-bond acceptors (Lipinski definition) is 0. The highest BCUT2D eigenvalue weighted by molar-refractivity contribution is 5.41. The molecular weight excluding hydrogens is 168 g/mol. The van der Waals surface area contributed by atoms with Crippen molar-refractivity contribution >= 4 is 0 Å². The summed E-state index contributed by atoms with van der Waals surface area (Å²) >= 11 is 0. The van der Waals surface area contributed by atoms with Crippen molar-refractivity contribution < 1.29 is 0 Å². The van der Waals surface area contributed by atoms with Gasteiger partial charge in [-0.1, -0.05) is 32.0 Å². The maximum absolute atomic E-state index is 4.14. The van der Waals surface area contributed by atoms with Crippen molar-refractivity contribution in [2.75, 3.05) is 0 Å². The van der Waals surface area contributed by atoms with Gasteiger partial charge in [0.1, 0.15) is 0 Å². The topological polar surface area (TPSA) is 0 Å². The molecule has 0 N–H and O–H groups in total. The molecule has 1 aromatic carbocycles. The minimum absolute atomic E-state index is 0.420. The van der Waals surface area contributed by atoms with E-state index in [1.165, 1.54) is 18.4 Å². The summed E-state index contributed by atoms with van der Waals surface area (Å²) in [5.41, 5.74) is 4.62. The predicted molar refractivity (Wildman–Crippen MR) is 61.6 cm³/mol. The molecule has 0 nitrogen and oxygen atoms in total. The summed E-state index contributed by atoms with van der Waals surface area (Å²) < 4.78 is 0. The van der Waals surface area contributed by atoms with E-state index in [4.69, 9.17) is 0 Å². The first-order valence-electron chi connectivity index (χ1n) is 5.68. The van der Waals surface area contributed by atoms with Crippen LogP contribution in [0.2, 0.25) is 0 Å². The van der Waals surface area contributed by atoms with Crippen molar-refractivity contribution in [3.8, 4) is 0 Å². The minimum atomic E-state index is 0.420. The van der Waals surface area contributed by atoms with E-state index in [0.29, 0.717) is 5.92 Å². The minimum Gasteiger partial charge on any atom is -0.0617 e. The first-order chi connectivity index (χ1) is 6.74. The highest BCUT2D eigenvalue weighted by atomic mass is 14.3. The van der Waals surface area contributed by atoms with Crippen LogP contribution in [0.15, 0.2) is 18.2 Å². The first-order valence-corrected chi connectivity index (χ1v) is 5.68. The standard InChI is InChI=1S/C14H19/c1-4-12-13(10(2)3)6-5-7-14(12)11-8-9-11/h5-7,10-11H,2,4,8-9H2,1,3H3. The summed E-state index contributed by atoms with van der Waals surface area (Å²) in [5, 5.41) is 0. The van der Waals surface area contributed by atoms with Crippen LogP contribution in [0.3, 0.4) is 0 Å². The quantitative estimate of drug-likeness (QED) is 0.669. The van der Waals surface area contributed by atoms with Gasteiger partial charge in [0.2, 0.25) is 0 Å². The van der Waals surface area contributed by atoms with E-state index in [1.807, 2.05) is 0 Å². The zero-order valence-corrected chi connectivity index (χ0v) is 9.22. The lowest BCUT2D eigenvalue weighted by molar-refractivity contribution is 0.903. The largest absolute Gasteiger partial charge is 0.0617 e. The van der Waals surface area contributed by atoms with Gasteiger partial charge in [0, 0.05) is 0 Å². The fourth-order valence-electron chi connectivity index (χ4n) is 2.27. The molecule has 1 aromatic rings. The fourth-order valence-corrected chi connectivity index (χ4v) is 2.27. The summed E-state index contributed by atoms with van der Waals surface area (Å²) in [4.78, 5) is 0. The lowest BCUT2D eigenvalue weighted by atomic mass is 9.90. The molecule has 1 saturated carbocycles. The predicted octanol–water partition coefficient (Wildman–Crippen LogP) is 4.06. The number of hydrogen-bond donors (Lipinski definition) is 0. The Balaban J connectivity index is 2.44. The summed E-state index contributed by atoms with van der Waals surface area (Å²) in [6.45, 7) is 8.58. The van der Waals surface area contributed by atoms with Gasteiger partial charge in [0.05, 0.1) is 0 Å². The van der Waals surface area contributed by atoms with Crippen LogP contribution in [-0.4, -0.2) is 0 Å². The average molecular weight is 187 g/mol. The molecular formula is C14H19. The van der Waals surface area contributed by atoms with Crippen molar-refractivity contribution in [2.24, 2.45) is 0 Å². The van der Waals surface area contributed by atoms with Gasteiger partial charge in [-0.05, 0) is 54.7 Å². The van der Waals surface area contributed by atoms with E-state index < -0.39 is 0 Å². The van der Waals surface area contributed by atoms with Crippen LogP contribution in [0.4, 0.5) is 0 Å². The number of rotatable bonds is 3. The van der Waals surface area contributed by atoms with Crippen LogP contribution < -0.4 is 0 Å². The van der Waals surface area contributed by atoms with Gasteiger partial charge in [0.15, 0.2) is 0 Å². The molecule has 0 heterocycles. The molecule has 1 atom stereocenters. The van der Waals surface area contributed by atoms with Gasteiger partial charge in [-0.2, -0.15) is 0 Å². The molecule has 1 radical (unpaired) electrons. The second-order valence-corrected chi connectivity index (χ2v) is 4.44. The fraction of sp³-hybridized carbons (Fsp3) is 0.500. The monoisotopic (exact) mass is 187 g/mol. The molecule has 2 rings (SSSR count). The van der Waals surface area contributed by atoms with Crippen LogP contribution in [0.5, 0.6) is 0 Å². The third kappa shape index (κ3) is 1.70. The number of benzene rings is 1. The van der Waals surface area contributed by atoms with Gasteiger partial charge in [0.25, 0.3) is 0 Å². The molecule has 1 unspecified atom stereocenters. The molecule has 0 aliphatic heterocycles. The van der Waals surface area contributed by atoms with E-state index in [-0.39, 0.29) is 0 Å². The summed E-state index contributed by atoms with van der Waals surface area (Å²) in [6.07, 6.45) is 3.94. The average Bonchev–Trinajstić information content (AvgIpc) is 2.99. The van der Waals surface area contributed by atoms with Crippen LogP contribution in [0.1, 0.15) is 55.2 Å². The van der Waals surface area contributed by atoms with Crippen molar-refractivity contribution in [2.45, 2.75) is 44.9 Å². The van der Waals surface area contributed by atoms with Crippen molar-refractivity contribution in [3.63, 3.8) is 0 Å². The maximum atomic E-state index is 4.14. The Hall–Kier alpha value is -0.780. The van der Waals surface area contributed by atoms with Crippen LogP contribution >= 0.6 is 0 Å². The Bertz CT molecular complexity index is 299. The maximum Gasteiger partial charge on any atom is -0.0159 e. The Labute approximate surface area is 87.3 Å². The highest BCUT2D eigenvalue weighted by Gasteiger charge is 2.26. The molecule has 0 amide bonds. The van der Waals surface area contributed by atoms with E-state index in [9.17, 15) is 0 Å². The second kappa shape index (κ2) is 3.76. The molecule has 14 heavy (non-hydrogen) atoms. The molecule has 0 saturated heterocycles. The Morgan fingerprint density at radius 1 is 1.43 bits per heavy atom. The molecule has 1 aliphatic rings. The normalized spacial score (nSPS) is 16.3.